The molecule has 1 saturated carbocycles. The van der Waals surface area contributed by atoms with Crippen molar-refractivity contribution in [2.45, 2.75) is 40.0 Å². The Bertz CT molecular complexity index is 298. The van der Waals surface area contributed by atoms with Gasteiger partial charge in [0.1, 0.15) is 5.75 Å². The number of hydrogen-bond acceptors (Lipinski definition) is 1. The van der Waals surface area contributed by atoms with Gasteiger partial charge in [-0.25, -0.2) is 0 Å². The van der Waals surface area contributed by atoms with E-state index in [9.17, 15) is 0 Å². The molecule has 16 heavy (non-hydrogen) atoms. The summed E-state index contributed by atoms with van der Waals surface area (Å²) in [6.45, 7) is 7.12. The summed E-state index contributed by atoms with van der Waals surface area (Å²) in [6, 6.07) is 5.83. The molecule has 1 aromatic carbocycles. The van der Waals surface area contributed by atoms with Crippen LogP contribution in [-0.4, -0.2) is 6.61 Å². The minimum Gasteiger partial charge on any atom is -0.493 e. The van der Waals surface area contributed by atoms with Crippen LogP contribution in [0.15, 0.2) is 18.2 Å². The van der Waals surface area contributed by atoms with Crippen molar-refractivity contribution in [1.29, 1.82) is 0 Å². The molecular weight excluding hydrogens is 220 g/mol. The molecule has 90 valence electrons. The number of benzene rings is 1. The van der Waals surface area contributed by atoms with Gasteiger partial charge >= 0.3 is 0 Å². The lowest BCUT2D eigenvalue weighted by atomic mass is 10.2. The van der Waals surface area contributed by atoms with E-state index in [1.807, 2.05) is 25.1 Å². The van der Waals surface area contributed by atoms with Gasteiger partial charge in [-0.15, -0.1) is 0 Å². The fourth-order valence-electron chi connectivity index (χ4n) is 1.28. The van der Waals surface area contributed by atoms with Crippen LogP contribution < -0.4 is 4.74 Å². The Kier molecular flexibility index (Phi) is 5.68. The largest absolute Gasteiger partial charge is 0.493 e. The third kappa shape index (κ3) is 5.41. The van der Waals surface area contributed by atoms with Crippen LogP contribution in [0, 0.1) is 12.8 Å². The molecule has 0 heterocycles. The van der Waals surface area contributed by atoms with Crippen molar-refractivity contribution in [3.05, 3.63) is 28.8 Å². The van der Waals surface area contributed by atoms with E-state index in [1.54, 1.807) is 0 Å². The third-order valence-corrected chi connectivity index (χ3v) is 2.42. The number of aryl methyl sites for hydroxylation is 1. The molecule has 1 aliphatic carbocycles. The predicted molar refractivity (Wildman–Crippen MR) is 70.4 cm³/mol. The Hall–Kier alpha value is -0.690. The van der Waals surface area contributed by atoms with Gasteiger partial charge in [-0.2, -0.15) is 0 Å². The van der Waals surface area contributed by atoms with Crippen LogP contribution in [0.5, 0.6) is 5.75 Å². The fourth-order valence-corrected chi connectivity index (χ4v) is 1.56. The van der Waals surface area contributed by atoms with E-state index in [0.29, 0.717) is 0 Å². The quantitative estimate of drug-likeness (QED) is 0.734. The van der Waals surface area contributed by atoms with Crippen molar-refractivity contribution in [3.63, 3.8) is 0 Å². The number of rotatable bonds is 3. The second kappa shape index (κ2) is 6.80. The first-order chi connectivity index (χ1) is 7.65. The fraction of sp³-hybridized carbons (Fsp3) is 0.571. The molecule has 1 nitrogen and oxygen atoms in total. The second-order valence-corrected chi connectivity index (χ2v) is 4.86. The molecule has 1 aromatic rings. The number of hydrogen-bond donors (Lipinski definition) is 0. The van der Waals surface area contributed by atoms with Gasteiger partial charge in [-0.1, -0.05) is 31.9 Å². The third-order valence-electron chi connectivity index (χ3n) is 2.20. The molecule has 0 aromatic heterocycles. The van der Waals surface area contributed by atoms with Crippen molar-refractivity contribution in [3.8, 4) is 5.75 Å². The van der Waals surface area contributed by atoms with Gasteiger partial charge in [0.05, 0.1) is 6.61 Å². The Balaban J connectivity index is 0.000000386. The number of halogens is 1. The lowest BCUT2D eigenvalue weighted by Crippen LogP contribution is -1.98. The van der Waals surface area contributed by atoms with Gasteiger partial charge < -0.3 is 4.74 Å². The van der Waals surface area contributed by atoms with E-state index < -0.39 is 0 Å². The van der Waals surface area contributed by atoms with E-state index in [2.05, 4.69) is 13.8 Å². The van der Waals surface area contributed by atoms with Gasteiger partial charge in [0.25, 0.3) is 0 Å². The Morgan fingerprint density at radius 1 is 1.25 bits per heavy atom. The summed E-state index contributed by atoms with van der Waals surface area (Å²) in [5.74, 6) is 1.69. The zero-order chi connectivity index (χ0) is 12.0. The van der Waals surface area contributed by atoms with Crippen LogP contribution in [0.4, 0.5) is 0 Å². The highest BCUT2D eigenvalue weighted by Gasteiger charge is 2.21. The minimum atomic E-state index is 0.755. The average molecular weight is 241 g/mol. The van der Waals surface area contributed by atoms with Gasteiger partial charge in [0.15, 0.2) is 0 Å². The average Bonchev–Trinajstić information content (AvgIpc) is 2.97. The molecule has 0 bridgehead atoms. The summed E-state index contributed by atoms with van der Waals surface area (Å²) >= 11 is 5.90. The van der Waals surface area contributed by atoms with E-state index in [-0.39, 0.29) is 0 Å². The molecule has 2 rings (SSSR count). The molecule has 0 atom stereocenters. The highest BCUT2D eigenvalue weighted by atomic mass is 35.5. The predicted octanol–water partition coefficient (Wildman–Crippen LogP) is 4.85. The monoisotopic (exact) mass is 240 g/mol. The molecule has 2 heteroatoms. The van der Waals surface area contributed by atoms with Gasteiger partial charge in [0.2, 0.25) is 0 Å². The standard InChI is InChI=1S/C11H13ClO.C3H8/c1-8-4-10(12)6-11(5-8)13-7-9-2-3-9;1-3-2/h4-6,9H,2-3,7H2,1H3;3H2,1-2H3. The first-order valence-electron chi connectivity index (χ1n) is 6.05. The molecule has 0 unspecified atom stereocenters. The van der Waals surface area contributed by atoms with Crippen LogP contribution in [-0.2, 0) is 0 Å². The van der Waals surface area contributed by atoms with E-state index >= 15 is 0 Å². The highest BCUT2D eigenvalue weighted by Crippen LogP contribution is 2.30. The van der Waals surface area contributed by atoms with Gasteiger partial charge in [0, 0.05) is 5.02 Å². The van der Waals surface area contributed by atoms with Crippen molar-refractivity contribution < 1.29 is 4.74 Å². The first-order valence-corrected chi connectivity index (χ1v) is 6.43. The summed E-state index contributed by atoms with van der Waals surface area (Å²) in [6.07, 6.45) is 3.89. The highest BCUT2D eigenvalue weighted by molar-refractivity contribution is 6.30. The maximum Gasteiger partial charge on any atom is 0.121 e. The summed E-state index contributed by atoms with van der Waals surface area (Å²) in [4.78, 5) is 0. The molecule has 1 fully saturated rings. The Morgan fingerprint density at radius 3 is 2.38 bits per heavy atom. The van der Waals surface area contributed by atoms with Crippen LogP contribution in [0.3, 0.4) is 0 Å². The first kappa shape index (κ1) is 13.4. The summed E-state index contributed by atoms with van der Waals surface area (Å²) < 4.78 is 5.61. The van der Waals surface area contributed by atoms with Crippen LogP contribution in [0.25, 0.3) is 0 Å². The Morgan fingerprint density at radius 2 is 1.88 bits per heavy atom. The maximum atomic E-state index is 5.90. The normalized spacial score (nSPS) is 14.0. The molecule has 1 aliphatic rings. The maximum absolute atomic E-state index is 5.90. The summed E-state index contributed by atoms with van der Waals surface area (Å²) in [7, 11) is 0. The van der Waals surface area contributed by atoms with E-state index in [1.165, 1.54) is 19.3 Å². The zero-order valence-electron chi connectivity index (χ0n) is 10.4. The van der Waals surface area contributed by atoms with Crippen molar-refractivity contribution in [1.82, 2.24) is 0 Å². The van der Waals surface area contributed by atoms with E-state index in [4.69, 9.17) is 16.3 Å². The molecular formula is C14H21ClO. The molecule has 0 N–H and O–H groups in total. The van der Waals surface area contributed by atoms with Crippen LogP contribution >= 0.6 is 11.6 Å². The van der Waals surface area contributed by atoms with Crippen molar-refractivity contribution >= 4 is 11.6 Å². The van der Waals surface area contributed by atoms with Crippen LogP contribution in [0.2, 0.25) is 5.02 Å². The molecule has 0 saturated heterocycles. The SMILES string of the molecule is CCC.Cc1cc(Cl)cc(OCC2CC2)c1. The topological polar surface area (TPSA) is 9.23 Å². The zero-order valence-corrected chi connectivity index (χ0v) is 11.2. The lowest BCUT2D eigenvalue weighted by molar-refractivity contribution is 0.299. The summed E-state index contributed by atoms with van der Waals surface area (Å²) in [5.41, 5.74) is 1.15. The lowest BCUT2D eigenvalue weighted by Gasteiger charge is -2.06. The summed E-state index contributed by atoms with van der Waals surface area (Å²) in [5, 5.41) is 0.755. The Labute approximate surface area is 104 Å². The molecule has 0 spiro atoms. The number of ether oxygens (including phenoxy) is 1. The van der Waals surface area contributed by atoms with Crippen molar-refractivity contribution in [2.24, 2.45) is 5.92 Å². The van der Waals surface area contributed by atoms with E-state index in [0.717, 1.165) is 28.9 Å². The molecule has 0 aliphatic heterocycles. The van der Waals surface area contributed by atoms with Gasteiger partial charge in [-0.05, 0) is 49.4 Å². The second-order valence-electron chi connectivity index (χ2n) is 4.43. The van der Waals surface area contributed by atoms with Crippen LogP contribution in [0.1, 0.15) is 38.7 Å². The smallest absolute Gasteiger partial charge is 0.121 e. The molecule has 0 radical (unpaired) electrons. The minimum absolute atomic E-state index is 0.755. The van der Waals surface area contributed by atoms with Gasteiger partial charge in [-0.3, -0.25) is 0 Å². The van der Waals surface area contributed by atoms with Crippen molar-refractivity contribution in [2.75, 3.05) is 6.61 Å². The molecule has 0 amide bonds.